The summed E-state index contributed by atoms with van der Waals surface area (Å²) < 4.78 is 5.84. The number of ketones is 1. The average Bonchev–Trinajstić information content (AvgIpc) is 2.86. The van der Waals surface area contributed by atoms with Crippen LogP contribution in [0.15, 0.2) is 36.5 Å². The van der Waals surface area contributed by atoms with Gasteiger partial charge in [0.2, 0.25) is 0 Å². The molecule has 4 rings (SSSR count). The third-order valence-corrected chi connectivity index (χ3v) is 8.19. The number of allylic oxidation sites excluding steroid dienone is 5. The van der Waals surface area contributed by atoms with Crippen LogP contribution in [0, 0.1) is 34.5 Å². The van der Waals surface area contributed by atoms with Crippen molar-refractivity contribution in [2.24, 2.45) is 34.5 Å². The van der Waals surface area contributed by atoms with E-state index in [0.29, 0.717) is 23.7 Å². The Balaban J connectivity index is 1.72. The largest absolute Gasteiger partial charge is 0.462 e. The van der Waals surface area contributed by atoms with Crippen molar-refractivity contribution in [2.45, 2.75) is 59.0 Å². The molecule has 3 saturated carbocycles. The molecule has 3 nitrogen and oxygen atoms in total. The zero-order valence-corrected chi connectivity index (χ0v) is 16.2. The Labute approximate surface area is 156 Å². The second kappa shape index (κ2) is 5.94. The maximum atomic E-state index is 11.9. The monoisotopic (exact) mass is 354 g/mol. The molecule has 0 aromatic rings. The predicted molar refractivity (Wildman–Crippen MR) is 101 cm³/mol. The van der Waals surface area contributed by atoms with Crippen LogP contribution in [-0.2, 0) is 14.3 Å². The summed E-state index contributed by atoms with van der Waals surface area (Å²) in [5.74, 6) is 1.80. The van der Waals surface area contributed by atoms with Gasteiger partial charge < -0.3 is 4.74 Å². The number of carbonyl (C=O) groups is 2. The fourth-order valence-corrected chi connectivity index (χ4v) is 6.97. The number of carbonyl (C=O) groups excluding carboxylic acids is 2. The molecule has 0 saturated heterocycles. The molecule has 0 bridgehead atoms. The second-order valence-electron chi connectivity index (χ2n) is 9.29. The molecule has 0 aromatic carbocycles. The van der Waals surface area contributed by atoms with E-state index in [1.165, 1.54) is 18.9 Å². The second-order valence-corrected chi connectivity index (χ2v) is 9.29. The maximum absolute atomic E-state index is 11.9. The lowest BCUT2D eigenvalue weighted by molar-refractivity contribution is -0.154. The van der Waals surface area contributed by atoms with Crippen molar-refractivity contribution in [3.63, 3.8) is 0 Å². The molecule has 4 aliphatic rings. The lowest BCUT2D eigenvalue weighted by Gasteiger charge is -2.57. The Morgan fingerprint density at radius 1 is 1.35 bits per heavy atom. The Kier molecular flexibility index (Phi) is 4.05. The number of hydrogen-bond donors (Lipinski definition) is 0. The zero-order valence-electron chi connectivity index (χ0n) is 16.2. The molecular formula is C23H30O3. The average molecular weight is 354 g/mol. The maximum Gasteiger partial charge on any atom is 0.302 e. The van der Waals surface area contributed by atoms with Gasteiger partial charge >= 0.3 is 5.97 Å². The van der Waals surface area contributed by atoms with Gasteiger partial charge in [0.05, 0.1) is 0 Å². The molecule has 0 aromatic heterocycles. The number of esters is 1. The summed E-state index contributed by atoms with van der Waals surface area (Å²) in [5.41, 5.74) is 1.44. The van der Waals surface area contributed by atoms with Crippen LogP contribution in [0.5, 0.6) is 0 Å². The highest BCUT2D eigenvalue weighted by atomic mass is 16.5. The van der Waals surface area contributed by atoms with Gasteiger partial charge in [-0.3, -0.25) is 9.59 Å². The quantitative estimate of drug-likeness (QED) is 0.536. The van der Waals surface area contributed by atoms with E-state index in [1.54, 1.807) is 6.08 Å². The molecule has 7 atom stereocenters. The molecule has 0 N–H and O–H groups in total. The van der Waals surface area contributed by atoms with Crippen LogP contribution in [0.2, 0.25) is 0 Å². The van der Waals surface area contributed by atoms with Crippen molar-refractivity contribution in [3.8, 4) is 0 Å². The fraction of sp³-hybridized carbons (Fsp3) is 0.652. The molecule has 0 amide bonds. The highest BCUT2D eigenvalue weighted by molar-refractivity contribution is 6.01. The molecular weight excluding hydrogens is 324 g/mol. The van der Waals surface area contributed by atoms with Gasteiger partial charge in [0.25, 0.3) is 0 Å². The highest BCUT2D eigenvalue weighted by Crippen LogP contribution is 2.66. The molecule has 0 aliphatic heterocycles. The summed E-state index contributed by atoms with van der Waals surface area (Å²) in [6.45, 7) is 10.3. The van der Waals surface area contributed by atoms with E-state index in [0.717, 1.165) is 25.7 Å². The Morgan fingerprint density at radius 3 is 2.81 bits per heavy atom. The van der Waals surface area contributed by atoms with Crippen LogP contribution in [0.3, 0.4) is 0 Å². The zero-order chi connectivity index (χ0) is 18.7. The highest BCUT2D eigenvalue weighted by Gasteiger charge is 2.61. The lowest BCUT2D eigenvalue weighted by Crippen LogP contribution is -2.51. The third kappa shape index (κ3) is 2.39. The molecule has 26 heavy (non-hydrogen) atoms. The summed E-state index contributed by atoms with van der Waals surface area (Å²) in [4.78, 5) is 23.6. The molecule has 4 aliphatic carbocycles. The minimum absolute atomic E-state index is 0.00312. The SMILES string of the molecule is C=C[C@H]1C[C@@H](OC(C)=O)[C@H]2[C@@H]3CCC4=CC(=O)C=C[C@]4(C)[C@H]3CC[C@@]21C. The van der Waals surface area contributed by atoms with E-state index < -0.39 is 0 Å². The number of ether oxygens (including phenoxy) is 1. The molecule has 3 fully saturated rings. The molecule has 3 heteroatoms. The van der Waals surface area contributed by atoms with Crippen molar-refractivity contribution in [3.05, 3.63) is 36.5 Å². The van der Waals surface area contributed by atoms with Crippen LogP contribution in [-0.4, -0.2) is 17.9 Å². The van der Waals surface area contributed by atoms with Gasteiger partial charge in [0, 0.05) is 18.3 Å². The van der Waals surface area contributed by atoms with Crippen LogP contribution < -0.4 is 0 Å². The van der Waals surface area contributed by atoms with Crippen LogP contribution >= 0.6 is 0 Å². The third-order valence-electron chi connectivity index (χ3n) is 8.19. The summed E-state index contributed by atoms with van der Waals surface area (Å²) in [5, 5.41) is 0. The van der Waals surface area contributed by atoms with Gasteiger partial charge in [0.15, 0.2) is 5.78 Å². The Hall–Kier alpha value is -1.64. The summed E-state index contributed by atoms with van der Waals surface area (Å²) in [6.07, 6.45) is 13.1. The van der Waals surface area contributed by atoms with Crippen molar-refractivity contribution in [1.29, 1.82) is 0 Å². The van der Waals surface area contributed by atoms with E-state index in [-0.39, 0.29) is 28.7 Å². The van der Waals surface area contributed by atoms with Crippen molar-refractivity contribution in [2.75, 3.05) is 0 Å². The standard InChI is InChI=1S/C23H30O3/c1-5-15-13-20(26-14(2)24)21-18-7-6-16-12-17(25)8-10-22(16,3)19(18)9-11-23(15,21)4/h5,8,10,12,15,18-21H,1,6-7,9,11,13H2,2-4H3/t15-,18+,19-,20+,21+,22-,23+/m0/s1. The number of rotatable bonds is 2. The summed E-state index contributed by atoms with van der Waals surface area (Å²) in [7, 11) is 0. The first-order valence-corrected chi connectivity index (χ1v) is 10.0. The Morgan fingerprint density at radius 2 is 2.12 bits per heavy atom. The first-order chi connectivity index (χ1) is 12.3. The first kappa shape index (κ1) is 17.8. The van der Waals surface area contributed by atoms with Crippen LogP contribution in [0.4, 0.5) is 0 Å². The lowest BCUT2D eigenvalue weighted by atomic mass is 9.47. The van der Waals surface area contributed by atoms with E-state index in [4.69, 9.17) is 4.74 Å². The van der Waals surface area contributed by atoms with Gasteiger partial charge in [-0.2, -0.15) is 0 Å². The summed E-state index contributed by atoms with van der Waals surface area (Å²) >= 11 is 0. The minimum atomic E-state index is -0.171. The van der Waals surface area contributed by atoms with Gasteiger partial charge in [-0.15, -0.1) is 6.58 Å². The number of fused-ring (bicyclic) bond motifs is 5. The Bertz CT molecular complexity index is 717. The van der Waals surface area contributed by atoms with Gasteiger partial charge in [-0.05, 0) is 67.4 Å². The van der Waals surface area contributed by atoms with E-state index in [2.05, 4.69) is 32.6 Å². The van der Waals surface area contributed by atoms with E-state index in [9.17, 15) is 9.59 Å². The topological polar surface area (TPSA) is 43.4 Å². The number of hydrogen-bond acceptors (Lipinski definition) is 3. The minimum Gasteiger partial charge on any atom is -0.462 e. The van der Waals surface area contributed by atoms with Crippen molar-refractivity contribution < 1.29 is 14.3 Å². The molecule has 140 valence electrons. The van der Waals surface area contributed by atoms with Crippen molar-refractivity contribution >= 4 is 11.8 Å². The molecule has 0 spiro atoms. The first-order valence-electron chi connectivity index (χ1n) is 10.0. The van der Waals surface area contributed by atoms with E-state index in [1.807, 2.05) is 6.08 Å². The van der Waals surface area contributed by atoms with Crippen molar-refractivity contribution in [1.82, 2.24) is 0 Å². The normalized spacial score (nSPS) is 46.7. The summed E-state index contributed by atoms with van der Waals surface area (Å²) in [6, 6.07) is 0. The molecule has 0 radical (unpaired) electrons. The van der Waals surface area contributed by atoms with E-state index >= 15 is 0 Å². The predicted octanol–water partition coefficient (Wildman–Crippen LogP) is 4.64. The van der Waals surface area contributed by atoms with Crippen LogP contribution in [0.1, 0.15) is 52.9 Å². The fourth-order valence-electron chi connectivity index (χ4n) is 6.97. The van der Waals surface area contributed by atoms with Gasteiger partial charge in [-0.1, -0.05) is 31.6 Å². The smallest absolute Gasteiger partial charge is 0.302 e. The molecule has 0 unspecified atom stereocenters. The van der Waals surface area contributed by atoms with Gasteiger partial charge in [0.1, 0.15) is 6.10 Å². The van der Waals surface area contributed by atoms with Gasteiger partial charge in [-0.25, -0.2) is 0 Å². The van der Waals surface area contributed by atoms with Crippen LogP contribution in [0.25, 0.3) is 0 Å². The molecule has 0 heterocycles.